The van der Waals surface area contributed by atoms with Gasteiger partial charge in [-0.05, 0) is 38.0 Å². The molecule has 112 valence electrons. The lowest BCUT2D eigenvalue weighted by Gasteiger charge is -2.33. The second-order valence-corrected chi connectivity index (χ2v) is 6.51. The summed E-state index contributed by atoms with van der Waals surface area (Å²) in [5.41, 5.74) is -0.977. The minimum absolute atomic E-state index is 0.105. The van der Waals surface area contributed by atoms with Crippen LogP contribution in [0.2, 0.25) is 0 Å². The van der Waals surface area contributed by atoms with Gasteiger partial charge in [-0.3, -0.25) is 4.79 Å². The Kier molecular flexibility index (Phi) is 7.67. The number of ketones is 1. The summed E-state index contributed by atoms with van der Waals surface area (Å²) in [6.45, 7) is 4.44. The van der Waals surface area contributed by atoms with E-state index in [2.05, 4.69) is 13.8 Å². The van der Waals surface area contributed by atoms with Crippen LogP contribution in [0.4, 0.5) is 0 Å². The molecule has 1 saturated carbocycles. The van der Waals surface area contributed by atoms with Gasteiger partial charge in [-0.1, -0.05) is 52.4 Å². The fraction of sp³-hybridized carbons (Fsp3) is 0.941. The molecule has 1 aliphatic carbocycles. The van der Waals surface area contributed by atoms with Gasteiger partial charge in [-0.15, -0.1) is 0 Å². The van der Waals surface area contributed by atoms with E-state index < -0.39 is 5.60 Å². The number of hydrogen-bond acceptors (Lipinski definition) is 2. The van der Waals surface area contributed by atoms with Crippen LogP contribution in [0, 0.1) is 5.92 Å². The maximum atomic E-state index is 12.1. The zero-order chi connectivity index (χ0) is 14.1. The average molecular weight is 268 g/mol. The van der Waals surface area contributed by atoms with Gasteiger partial charge in [0.25, 0.3) is 0 Å². The van der Waals surface area contributed by atoms with Gasteiger partial charge in [0.15, 0.2) is 5.78 Å². The summed E-state index contributed by atoms with van der Waals surface area (Å²) in [5, 5.41) is 10.4. The lowest BCUT2D eigenvalue weighted by atomic mass is 9.76. The van der Waals surface area contributed by atoms with Crippen LogP contribution in [-0.2, 0) is 4.79 Å². The number of carbonyl (C=O) groups is 1. The highest BCUT2D eigenvalue weighted by Gasteiger charge is 2.37. The fourth-order valence-corrected chi connectivity index (χ4v) is 2.99. The first-order valence-corrected chi connectivity index (χ1v) is 8.34. The van der Waals surface area contributed by atoms with Crippen molar-refractivity contribution in [3.05, 3.63) is 0 Å². The first kappa shape index (κ1) is 16.7. The number of hydrogen-bond donors (Lipinski definition) is 1. The van der Waals surface area contributed by atoms with Crippen molar-refractivity contribution in [2.24, 2.45) is 5.92 Å². The second kappa shape index (κ2) is 8.73. The highest BCUT2D eigenvalue weighted by atomic mass is 16.3. The van der Waals surface area contributed by atoms with Crippen molar-refractivity contribution >= 4 is 5.78 Å². The number of rotatable bonds is 9. The van der Waals surface area contributed by atoms with E-state index in [0.717, 1.165) is 25.7 Å². The van der Waals surface area contributed by atoms with E-state index >= 15 is 0 Å². The second-order valence-electron chi connectivity index (χ2n) is 6.51. The first-order chi connectivity index (χ1) is 9.08. The predicted molar refractivity (Wildman–Crippen MR) is 80.2 cm³/mol. The lowest BCUT2D eigenvalue weighted by molar-refractivity contribution is -0.141. The van der Waals surface area contributed by atoms with E-state index in [1.54, 1.807) is 0 Å². The van der Waals surface area contributed by atoms with Crippen LogP contribution >= 0.6 is 0 Å². The Bertz CT molecular complexity index is 252. The molecule has 0 unspecified atom stereocenters. The van der Waals surface area contributed by atoms with Gasteiger partial charge in [-0.2, -0.15) is 0 Å². The van der Waals surface area contributed by atoms with Crippen LogP contribution in [0.3, 0.4) is 0 Å². The van der Waals surface area contributed by atoms with Gasteiger partial charge >= 0.3 is 0 Å². The molecule has 0 radical (unpaired) electrons. The van der Waals surface area contributed by atoms with Crippen molar-refractivity contribution in [1.29, 1.82) is 0 Å². The molecule has 2 heteroatoms. The minimum Gasteiger partial charge on any atom is -0.382 e. The van der Waals surface area contributed by atoms with Crippen molar-refractivity contribution in [3.63, 3.8) is 0 Å². The van der Waals surface area contributed by atoms with Crippen LogP contribution in [0.1, 0.15) is 90.9 Å². The zero-order valence-corrected chi connectivity index (χ0v) is 12.9. The molecule has 0 aromatic rings. The largest absolute Gasteiger partial charge is 0.382 e. The highest BCUT2D eigenvalue weighted by Crippen LogP contribution is 2.33. The van der Waals surface area contributed by atoms with Crippen molar-refractivity contribution in [2.75, 3.05) is 0 Å². The van der Waals surface area contributed by atoms with Gasteiger partial charge < -0.3 is 5.11 Å². The molecule has 0 saturated heterocycles. The number of Topliss-reactive ketones (excluding diaryl/α,β-unsaturated/α-hetero) is 1. The van der Waals surface area contributed by atoms with Gasteiger partial charge in [0.05, 0.1) is 0 Å². The molecule has 0 heterocycles. The fourth-order valence-electron chi connectivity index (χ4n) is 2.99. The predicted octanol–water partition coefficient (Wildman–Crippen LogP) is 4.64. The normalized spacial score (nSPS) is 27.4. The van der Waals surface area contributed by atoms with Crippen molar-refractivity contribution in [3.8, 4) is 0 Å². The molecule has 19 heavy (non-hydrogen) atoms. The molecular weight excluding hydrogens is 236 g/mol. The average Bonchev–Trinajstić information content (AvgIpc) is 2.41. The number of unbranched alkanes of at least 4 members (excludes halogenated alkanes) is 6. The molecule has 0 bridgehead atoms. The summed E-state index contributed by atoms with van der Waals surface area (Å²) in [5.74, 6) is 0.777. The van der Waals surface area contributed by atoms with Crippen LogP contribution < -0.4 is 0 Å². The third-order valence-electron chi connectivity index (χ3n) is 4.63. The minimum atomic E-state index is -0.977. The van der Waals surface area contributed by atoms with Crippen molar-refractivity contribution in [1.82, 2.24) is 0 Å². The Morgan fingerprint density at radius 3 is 2.16 bits per heavy atom. The van der Waals surface area contributed by atoms with E-state index in [9.17, 15) is 9.90 Å². The van der Waals surface area contributed by atoms with Crippen LogP contribution in [0.15, 0.2) is 0 Å². The SMILES string of the molecule is CCCCCCCCCC(=O)C1(O)CCC(C)CC1. The van der Waals surface area contributed by atoms with E-state index in [0.29, 0.717) is 25.2 Å². The maximum Gasteiger partial charge on any atom is 0.164 e. The third-order valence-corrected chi connectivity index (χ3v) is 4.63. The van der Waals surface area contributed by atoms with E-state index in [-0.39, 0.29) is 5.78 Å². The smallest absolute Gasteiger partial charge is 0.164 e. The summed E-state index contributed by atoms with van der Waals surface area (Å²) < 4.78 is 0. The van der Waals surface area contributed by atoms with Gasteiger partial charge in [0.2, 0.25) is 0 Å². The topological polar surface area (TPSA) is 37.3 Å². The summed E-state index contributed by atoms with van der Waals surface area (Å²) in [4.78, 5) is 12.1. The lowest BCUT2D eigenvalue weighted by Crippen LogP contribution is -2.41. The Balaban J connectivity index is 2.10. The summed E-state index contributed by atoms with van der Waals surface area (Å²) >= 11 is 0. The monoisotopic (exact) mass is 268 g/mol. The molecule has 2 nitrogen and oxygen atoms in total. The number of aliphatic hydroxyl groups is 1. The quantitative estimate of drug-likeness (QED) is 0.619. The summed E-state index contributed by atoms with van der Waals surface area (Å²) in [7, 11) is 0. The molecular formula is C17H32O2. The first-order valence-electron chi connectivity index (χ1n) is 8.34. The zero-order valence-electron chi connectivity index (χ0n) is 12.9. The molecule has 1 rings (SSSR count). The molecule has 0 spiro atoms. The van der Waals surface area contributed by atoms with E-state index in [1.165, 1.54) is 32.1 Å². The standard InChI is InChI=1S/C17H32O2/c1-3-4-5-6-7-8-9-10-16(18)17(19)13-11-15(2)12-14-17/h15,19H,3-14H2,1-2H3. The number of carbonyl (C=O) groups excluding carboxylic acids is 1. The van der Waals surface area contributed by atoms with Crippen LogP contribution in [-0.4, -0.2) is 16.5 Å². The van der Waals surface area contributed by atoms with Crippen molar-refractivity contribution < 1.29 is 9.90 Å². The van der Waals surface area contributed by atoms with E-state index in [4.69, 9.17) is 0 Å². The van der Waals surface area contributed by atoms with Crippen molar-refractivity contribution in [2.45, 2.75) is 96.5 Å². The summed E-state index contributed by atoms with van der Waals surface area (Å²) in [6, 6.07) is 0. The molecule has 0 aromatic heterocycles. The summed E-state index contributed by atoms with van der Waals surface area (Å²) in [6.07, 6.45) is 12.5. The van der Waals surface area contributed by atoms with E-state index in [1.807, 2.05) is 0 Å². The molecule has 0 atom stereocenters. The Hall–Kier alpha value is -0.370. The molecule has 0 amide bonds. The third kappa shape index (κ3) is 6.07. The Morgan fingerprint density at radius 2 is 1.58 bits per heavy atom. The van der Waals surface area contributed by atoms with Gasteiger partial charge in [0, 0.05) is 6.42 Å². The highest BCUT2D eigenvalue weighted by molar-refractivity contribution is 5.87. The Labute approximate surface area is 119 Å². The molecule has 1 N–H and O–H groups in total. The van der Waals surface area contributed by atoms with Gasteiger partial charge in [-0.25, -0.2) is 0 Å². The molecule has 1 aliphatic rings. The molecule has 1 fully saturated rings. The molecule has 0 aromatic carbocycles. The van der Waals surface area contributed by atoms with Gasteiger partial charge in [0.1, 0.15) is 5.60 Å². The Morgan fingerprint density at radius 1 is 1.05 bits per heavy atom. The maximum absolute atomic E-state index is 12.1. The van der Waals surface area contributed by atoms with Crippen LogP contribution in [0.5, 0.6) is 0 Å². The van der Waals surface area contributed by atoms with Crippen LogP contribution in [0.25, 0.3) is 0 Å². The molecule has 0 aliphatic heterocycles.